The van der Waals surface area contributed by atoms with E-state index in [0.29, 0.717) is 11.7 Å². The maximum absolute atomic E-state index is 9.84. The first-order valence-corrected chi connectivity index (χ1v) is 6.39. The molecule has 1 heterocycles. The van der Waals surface area contributed by atoms with Crippen LogP contribution in [0.25, 0.3) is 0 Å². The standard InChI is InChI=1S/C14H21NO3/c1-17-13-8-14(18-2)12(16)7-11(13)6-10-4-3-5-15-9-10/h7-8,10,15-16H,3-6,9H2,1-2H3. The molecule has 0 amide bonds. The Balaban J connectivity index is 2.17. The number of phenols is 1. The Bertz CT molecular complexity index is 400. The Kier molecular flexibility index (Phi) is 4.31. The van der Waals surface area contributed by atoms with Crippen molar-refractivity contribution in [3.63, 3.8) is 0 Å². The lowest BCUT2D eigenvalue weighted by Crippen LogP contribution is -2.30. The number of rotatable bonds is 4. The number of hydrogen-bond donors (Lipinski definition) is 2. The predicted molar refractivity (Wildman–Crippen MR) is 70.5 cm³/mol. The Morgan fingerprint density at radius 3 is 2.67 bits per heavy atom. The topological polar surface area (TPSA) is 50.7 Å². The fourth-order valence-electron chi connectivity index (χ4n) is 2.52. The summed E-state index contributed by atoms with van der Waals surface area (Å²) in [5, 5.41) is 13.2. The van der Waals surface area contributed by atoms with Crippen LogP contribution in [0, 0.1) is 5.92 Å². The molecule has 100 valence electrons. The first-order chi connectivity index (χ1) is 8.74. The summed E-state index contributed by atoms with van der Waals surface area (Å²) in [4.78, 5) is 0. The molecule has 0 spiro atoms. The zero-order chi connectivity index (χ0) is 13.0. The summed E-state index contributed by atoms with van der Waals surface area (Å²) in [5.74, 6) is 2.03. The highest BCUT2D eigenvalue weighted by atomic mass is 16.5. The van der Waals surface area contributed by atoms with Gasteiger partial charge in [0.05, 0.1) is 14.2 Å². The second-order valence-corrected chi connectivity index (χ2v) is 4.75. The van der Waals surface area contributed by atoms with Gasteiger partial charge in [-0.1, -0.05) is 0 Å². The summed E-state index contributed by atoms with van der Waals surface area (Å²) in [7, 11) is 3.19. The average Bonchev–Trinajstić information content (AvgIpc) is 2.40. The van der Waals surface area contributed by atoms with Crippen LogP contribution in [0.4, 0.5) is 0 Å². The van der Waals surface area contributed by atoms with E-state index in [-0.39, 0.29) is 5.75 Å². The van der Waals surface area contributed by atoms with Crippen LogP contribution >= 0.6 is 0 Å². The maximum atomic E-state index is 9.84. The fraction of sp³-hybridized carbons (Fsp3) is 0.571. The van der Waals surface area contributed by atoms with Crippen LogP contribution < -0.4 is 14.8 Å². The Morgan fingerprint density at radius 2 is 2.06 bits per heavy atom. The van der Waals surface area contributed by atoms with Crippen molar-refractivity contribution in [2.75, 3.05) is 27.3 Å². The third kappa shape index (κ3) is 2.88. The minimum atomic E-state index is 0.178. The monoisotopic (exact) mass is 251 g/mol. The summed E-state index contributed by atoms with van der Waals surface area (Å²) in [5.41, 5.74) is 1.05. The lowest BCUT2D eigenvalue weighted by Gasteiger charge is -2.23. The van der Waals surface area contributed by atoms with Gasteiger partial charge in [-0.25, -0.2) is 0 Å². The number of aromatic hydroxyl groups is 1. The lowest BCUT2D eigenvalue weighted by atomic mass is 9.92. The zero-order valence-electron chi connectivity index (χ0n) is 11.0. The van der Waals surface area contributed by atoms with E-state index in [1.54, 1.807) is 26.4 Å². The second-order valence-electron chi connectivity index (χ2n) is 4.75. The van der Waals surface area contributed by atoms with Gasteiger partial charge in [0.2, 0.25) is 0 Å². The minimum absolute atomic E-state index is 0.178. The number of hydrogen-bond acceptors (Lipinski definition) is 4. The first-order valence-electron chi connectivity index (χ1n) is 6.39. The molecule has 0 aromatic heterocycles. The molecular formula is C14H21NO3. The van der Waals surface area contributed by atoms with Crippen LogP contribution in [0.15, 0.2) is 12.1 Å². The van der Waals surface area contributed by atoms with Crippen LogP contribution in [-0.2, 0) is 6.42 Å². The van der Waals surface area contributed by atoms with Gasteiger partial charge in [-0.2, -0.15) is 0 Å². The Labute approximate surface area is 108 Å². The number of ether oxygens (including phenoxy) is 2. The van der Waals surface area contributed by atoms with E-state index in [1.807, 2.05) is 0 Å². The van der Waals surface area contributed by atoms with Crippen LogP contribution in [0.5, 0.6) is 17.2 Å². The highest BCUT2D eigenvalue weighted by molar-refractivity contribution is 5.50. The van der Waals surface area contributed by atoms with Crippen LogP contribution in [0.3, 0.4) is 0 Å². The molecule has 1 aromatic rings. The molecule has 1 unspecified atom stereocenters. The van der Waals surface area contributed by atoms with Crippen LogP contribution in [0.2, 0.25) is 0 Å². The van der Waals surface area contributed by atoms with Crippen molar-refractivity contribution in [2.24, 2.45) is 5.92 Å². The molecule has 0 radical (unpaired) electrons. The number of piperidine rings is 1. The molecular weight excluding hydrogens is 230 g/mol. The van der Waals surface area contributed by atoms with Crippen molar-refractivity contribution in [1.82, 2.24) is 5.32 Å². The average molecular weight is 251 g/mol. The highest BCUT2D eigenvalue weighted by Crippen LogP contribution is 2.35. The quantitative estimate of drug-likeness (QED) is 0.859. The molecule has 1 aliphatic rings. The van der Waals surface area contributed by atoms with Crippen LogP contribution in [0.1, 0.15) is 18.4 Å². The maximum Gasteiger partial charge on any atom is 0.164 e. The van der Waals surface area contributed by atoms with Crippen LogP contribution in [-0.4, -0.2) is 32.4 Å². The van der Waals surface area contributed by atoms with Gasteiger partial charge < -0.3 is 19.9 Å². The van der Waals surface area contributed by atoms with Gasteiger partial charge in [-0.05, 0) is 49.9 Å². The SMILES string of the molecule is COc1cc(OC)c(CC2CCCNC2)cc1O. The number of methoxy groups -OCH3 is 2. The van der Waals surface area contributed by atoms with Crippen molar-refractivity contribution < 1.29 is 14.6 Å². The van der Waals surface area contributed by atoms with Gasteiger partial charge in [-0.3, -0.25) is 0 Å². The molecule has 2 rings (SSSR count). The third-order valence-corrected chi connectivity index (χ3v) is 3.49. The normalized spacial score (nSPS) is 19.6. The van der Waals surface area contributed by atoms with Gasteiger partial charge in [0.15, 0.2) is 11.5 Å². The summed E-state index contributed by atoms with van der Waals surface area (Å²) >= 11 is 0. The fourth-order valence-corrected chi connectivity index (χ4v) is 2.52. The smallest absolute Gasteiger partial charge is 0.164 e. The molecule has 1 aliphatic heterocycles. The summed E-state index contributed by atoms with van der Waals surface area (Å²) in [6, 6.07) is 3.51. The Morgan fingerprint density at radius 1 is 1.28 bits per heavy atom. The van der Waals surface area contributed by atoms with Gasteiger partial charge in [0.1, 0.15) is 5.75 Å². The molecule has 18 heavy (non-hydrogen) atoms. The molecule has 1 saturated heterocycles. The van der Waals surface area contributed by atoms with Crippen molar-refractivity contribution in [3.8, 4) is 17.2 Å². The first kappa shape index (κ1) is 13.0. The van der Waals surface area contributed by atoms with Gasteiger partial charge >= 0.3 is 0 Å². The molecule has 4 heteroatoms. The molecule has 1 fully saturated rings. The molecule has 0 bridgehead atoms. The number of nitrogens with one attached hydrogen (secondary N) is 1. The number of benzene rings is 1. The molecule has 1 atom stereocenters. The second kappa shape index (κ2) is 5.96. The highest BCUT2D eigenvalue weighted by Gasteiger charge is 2.17. The van der Waals surface area contributed by atoms with E-state index in [4.69, 9.17) is 9.47 Å². The molecule has 4 nitrogen and oxygen atoms in total. The van der Waals surface area contributed by atoms with E-state index in [0.717, 1.165) is 30.8 Å². The molecule has 0 aliphatic carbocycles. The minimum Gasteiger partial charge on any atom is -0.504 e. The summed E-state index contributed by atoms with van der Waals surface area (Å²) in [6.07, 6.45) is 3.37. The summed E-state index contributed by atoms with van der Waals surface area (Å²) < 4.78 is 10.5. The van der Waals surface area contributed by atoms with Crippen molar-refractivity contribution in [2.45, 2.75) is 19.3 Å². The molecule has 1 aromatic carbocycles. The van der Waals surface area contributed by atoms with Gasteiger partial charge in [0.25, 0.3) is 0 Å². The van der Waals surface area contributed by atoms with E-state index >= 15 is 0 Å². The van der Waals surface area contributed by atoms with Crippen molar-refractivity contribution in [3.05, 3.63) is 17.7 Å². The predicted octanol–water partition coefficient (Wildman–Crippen LogP) is 1.95. The molecule has 0 saturated carbocycles. The number of phenolic OH excluding ortho intramolecular Hbond substituents is 1. The molecule has 2 N–H and O–H groups in total. The van der Waals surface area contributed by atoms with E-state index in [1.165, 1.54) is 12.8 Å². The van der Waals surface area contributed by atoms with E-state index in [9.17, 15) is 5.11 Å². The van der Waals surface area contributed by atoms with Gasteiger partial charge in [-0.15, -0.1) is 0 Å². The Hall–Kier alpha value is -1.42. The largest absolute Gasteiger partial charge is 0.504 e. The van der Waals surface area contributed by atoms with Crippen molar-refractivity contribution in [1.29, 1.82) is 0 Å². The van der Waals surface area contributed by atoms with Gasteiger partial charge in [0, 0.05) is 6.07 Å². The van der Waals surface area contributed by atoms with E-state index in [2.05, 4.69) is 5.32 Å². The van der Waals surface area contributed by atoms with Crippen molar-refractivity contribution >= 4 is 0 Å². The van der Waals surface area contributed by atoms with E-state index < -0.39 is 0 Å². The third-order valence-electron chi connectivity index (χ3n) is 3.49. The lowest BCUT2D eigenvalue weighted by molar-refractivity contribution is 0.350. The summed E-state index contributed by atoms with van der Waals surface area (Å²) in [6.45, 7) is 2.15. The zero-order valence-corrected chi connectivity index (χ0v) is 11.0.